The first kappa shape index (κ1) is 17.4. The number of rotatable bonds is 9. The molecule has 0 saturated heterocycles. The topological polar surface area (TPSA) is 96.1 Å². The van der Waals surface area contributed by atoms with Crippen LogP contribution in [0.1, 0.15) is 19.8 Å². The molecule has 1 aliphatic carbocycles. The largest absolute Gasteiger partial charge is 0.466 e. The molecule has 2 atom stereocenters. The van der Waals surface area contributed by atoms with E-state index in [1.165, 1.54) is 0 Å². The number of hydrogen-bond acceptors (Lipinski definition) is 6. The SMILES string of the molecule is CCOC(=O)C1CC1CNCCCNc1n[nH]c(=O)c2ccccc12. The zero-order valence-electron chi connectivity index (χ0n) is 14.4. The van der Waals surface area contributed by atoms with E-state index in [0.717, 1.165) is 37.9 Å². The van der Waals surface area contributed by atoms with E-state index in [-0.39, 0.29) is 17.4 Å². The quantitative estimate of drug-likeness (QED) is 0.471. The van der Waals surface area contributed by atoms with Crippen molar-refractivity contribution in [3.05, 3.63) is 34.6 Å². The van der Waals surface area contributed by atoms with Gasteiger partial charge in [0.25, 0.3) is 5.56 Å². The minimum Gasteiger partial charge on any atom is -0.466 e. The summed E-state index contributed by atoms with van der Waals surface area (Å²) in [6.07, 6.45) is 1.85. The Morgan fingerprint density at radius 2 is 2.12 bits per heavy atom. The van der Waals surface area contributed by atoms with Gasteiger partial charge in [-0.2, -0.15) is 5.10 Å². The number of fused-ring (bicyclic) bond motifs is 1. The number of anilines is 1. The number of nitrogens with one attached hydrogen (secondary N) is 3. The number of aromatic nitrogens is 2. The van der Waals surface area contributed by atoms with Gasteiger partial charge in [0.15, 0.2) is 5.82 Å². The van der Waals surface area contributed by atoms with Crippen LogP contribution < -0.4 is 16.2 Å². The van der Waals surface area contributed by atoms with Gasteiger partial charge in [-0.1, -0.05) is 18.2 Å². The van der Waals surface area contributed by atoms with E-state index < -0.39 is 0 Å². The summed E-state index contributed by atoms with van der Waals surface area (Å²) in [5.41, 5.74) is -0.177. The van der Waals surface area contributed by atoms with Crippen molar-refractivity contribution in [2.75, 3.05) is 31.6 Å². The number of aromatic amines is 1. The molecule has 0 aliphatic heterocycles. The van der Waals surface area contributed by atoms with Gasteiger partial charge < -0.3 is 15.4 Å². The van der Waals surface area contributed by atoms with Crippen LogP contribution in [0.5, 0.6) is 0 Å². The van der Waals surface area contributed by atoms with Crippen molar-refractivity contribution in [3.63, 3.8) is 0 Å². The molecule has 1 heterocycles. The minimum atomic E-state index is -0.177. The Morgan fingerprint density at radius 1 is 1.32 bits per heavy atom. The van der Waals surface area contributed by atoms with E-state index in [1.54, 1.807) is 6.07 Å². The van der Waals surface area contributed by atoms with Crippen LogP contribution >= 0.6 is 0 Å². The van der Waals surface area contributed by atoms with Gasteiger partial charge in [0.1, 0.15) is 0 Å². The van der Waals surface area contributed by atoms with E-state index in [2.05, 4.69) is 20.8 Å². The van der Waals surface area contributed by atoms with E-state index in [4.69, 9.17) is 4.74 Å². The molecule has 2 aromatic rings. The number of ether oxygens (including phenoxy) is 1. The minimum absolute atomic E-state index is 0.0630. The number of carbonyl (C=O) groups is 1. The van der Waals surface area contributed by atoms with E-state index in [9.17, 15) is 9.59 Å². The Morgan fingerprint density at radius 3 is 2.92 bits per heavy atom. The summed E-state index contributed by atoms with van der Waals surface area (Å²) in [5.74, 6) is 1.13. The molecule has 0 amide bonds. The zero-order valence-corrected chi connectivity index (χ0v) is 14.4. The van der Waals surface area contributed by atoms with Crippen molar-refractivity contribution in [2.45, 2.75) is 19.8 Å². The normalized spacial score (nSPS) is 18.9. The first-order valence-electron chi connectivity index (χ1n) is 8.79. The standard InChI is InChI=1S/C18H24N4O3/c1-2-25-18(24)15-10-12(15)11-19-8-5-9-20-16-13-6-3-4-7-14(13)17(23)22-21-16/h3-4,6-7,12,15,19H,2,5,8-11H2,1H3,(H,20,21)(H,22,23). The summed E-state index contributed by atoms with van der Waals surface area (Å²) < 4.78 is 5.02. The van der Waals surface area contributed by atoms with Crippen LogP contribution in [-0.2, 0) is 9.53 Å². The van der Waals surface area contributed by atoms with Crippen LogP contribution in [0.25, 0.3) is 10.8 Å². The third-order valence-corrected chi connectivity index (χ3v) is 4.44. The Balaban J connectivity index is 1.37. The number of carbonyl (C=O) groups excluding carboxylic acids is 1. The van der Waals surface area contributed by atoms with Gasteiger partial charge in [-0.25, -0.2) is 5.10 Å². The number of benzene rings is 1. The lowest BCUT2D eigenvalue weighted by Crippen LogP contribution is -2.22. The number of esters is 1. The van der Waals surface area contributed by atoms with E-state index in [1.807, 2.05) is 25.1 Å². The number of H-pyrrole nitrogens is 1. The van der Waals surface area contributed by atoms with Gasteiger partial charge in [0.2, 0.25) is 0 Å². The van der Waals surface area contributed by atoms with Crippen molar-refractivity contribution in [2.24, 2.45) is 11.8 Å². The second-order valence-corrected chi connectivity index (χ2v) is 6.29. The van der Waals surface area contributed by atoms with Crippen LogP contribution in [0.2, 0.25) is 0 Å². The van der Waals surface area contributed by atoms with Gasteiger partial charge in [0.05, 0.1) is 17.9 Å². The molecule has 25 heavy (non-hydrogen) atoms. The molecule has 7 nitrogen and oxygen atoms in total. The summed E-state index contributed by atoms with van der Waals surface area (Å²) >= 11 is 0. The fraction of sp³-hybridized carbons (Fsp3) is 0.500. The average molecular weight is 344 g/mol. The van der Waals surface area contributed by atoms with Crippen molar-refractivity contribution in [1.29, 1.82) is 0 Å². The van der Waals surface area contributed by atoms with Crippen LogP contribution in [0.3, 0.4) is 0 Å². The number of hydrogen-bond donors (Lipinski definition) is 3. The summed E-state index contributed by atoms with van der Waals surface area (Å²) in [5, 5.41) is 14.7. The molecule has 0 spiro atoms. The monoisotopic (exact) mass is 344 g/mol. The fourth-order valence-corrected chi connectivity index (χ4v) is 2.97. The highest BCUT2D eigenvalue weighted by Gasteiger charge is 2.43. The highest BCUT2D eigenvalue weighted by molar-refractivity contribution is 5.90. The van der Waals surface area contributed by atoms with Crippen molar-refractivity contribution >= 4 is 22.6 Å². The first-order chi connectivity index (χ1) is 12.2. The Kier molecular flexibility index (Phi) is 5.65. The molecule has 1 aliphatic rings. The Bertz CT molecular complexity index is 789. The molecule has 1 aromatic carbocycles. The Hall–Kier alpha value is -2.41. The maximum Gasteiger partial charge on any atom is 0.309 e. The van der Waals surface area contributed by atoms with Crippen molar-refractivity contribution in [3.8, 4) is 0 Å². The van der Waals surface area contributed by atoms with Gasteiger partial charge in [-0.3, -0.25) is 9.59 Å². The van der Waals surface area contributed by atoms with Crippen LogP contribution in [0, 0.1) is 11.8 Å². The molecule has 2 unspecified atom stereocenters. The van der Waals surface area contributed by atoms with Gasteiger partial charge >= 0.3 is 5.97 Å². The molecule has 7 heteroatoms. The average Bonchev–Trinajstić information content (AvgIpc) is 3.40. The lowest BCUT2D eigenvalue weighted by molar-refractivity contribution is -0.145. The van der Waals surface area contributed by atoms with Crippen LogP contribution in [-0.4, -0.2) is 42.4 Å². The predicted octanol–water partition coefficient (Wildman–Crippen LogP) is 1.51. The maximum atomic E-state index is 11.7. The molecular weight excluding hydrogens is 320 g/mol. The molecule has 134 valence electrons. The second kappa shape index (κ2) is 8.11. The molecule has 0 bridgehead atoms. The summed E-state index contributed by atoms with van der Waals surface area (Å²) in [6.45, 7) is 4.75. The third kappa shape index (κ3) is 4.36. The highest BCUT2D eigenvalue weighted by atomic mass is 16.5. The maximum absolute atomic E-state index is 11.7. The fourth-order valence-electron chi connectivity index (χ4n) is 2.97. The van der Waals surface area contributed by atoms with E-state index in [0.29, 0.717) is 23.7 Å². The Labute approximate surface area is 146 Å². The summed E-state index contributed by atoms with van der Waals surface area (Å²) in [6, 6.07) is 7.41. The smallest absolute Gasteiger partial charge is 0.309 e. The molecule has 1 fully saturated rings. The molecule has 3 rings (SSSR count). The summed E-state index contributed by atoms with van der Waals surface area (Å²) in [7, 11) is 0. The first-order valence-corrected chi connectivity index (χ1v) is 8.79. The van der Waals surface area contributed by atoms with Crippen molar-refractivity contribution in [1.82, 2.24) is 15.5 Å². The zero-order chi connectivity index (χ0) is 17.6. The van der Waals surface area contributed by atoms with Gasteiger partial charge in [-0.15, -0.1) is 0 Å². The second-order valence-electron chi connectivity index (χ2n) is 6.29. The third-order valence-electron chi connectivity index (χ3n) is 4.44. The van der Waals surface area contributed by atoms with Gasteiger partial charge in [0, 0.05) is 11.9 Å². The lowest BCUT2D eigenvalue weighted by atomic mass is 10.2. The molecule has 0 radical (unpaired) electrons. The summed E-state index contributed by atoms with van der Waals surface area (Å²) in [4.78, 5) is 23.3. The highest BCUT2D eigenvalue weighted by Crippen LogP contribution is 2.38. The molecular formula is C18H24N4O3. The lowest BCUT2D eigenvalue weighted by Gasteiger charge is -2.08. The van der Waals surface area contributed by atoms with Gasteiger partial charge in [-0.05, 0) is 44.8 Å². The van der Waals surface area contributed by atoms with Crippen molar-refractivity contribution < 1.29 is 9.53 Å². The van der Waals surface area contributed by atoms with Crippen LogP contribution in [0.4, 0.5) is 5.82 Å². The predicted molar refractivity (Wildman–Crippen MR) is 96.6 cm³/mol. The van der Waals surface area contributed by atoms with Crippen LogP contribution in [0.15, 0.2) is 29.1 Å². The molecule has 1 aromatic heterocycles. The molecule has 1 saturated carbocycles. The molecule has 3 N–H and O–H groups in total. The van der Waals surface area contributed by atoms with E-state index >= 15 is 0 Å². The number of nitrogens with zero attached hydrogens (tertiary/aromatic N) is 1.